The van der Waals surface area contributed by atoms with Crippen molar-refractivity contribution in [2.45, 2.75) is 32.1 Å². The molecule has 1 saturated carbocycles. The Morgan fingerprint density at radius 1 is 1.22 bits per heavy atom. The SMILES string of the molecule is Cc1ccc(-n2nc(C3(CN)CC3)cc2C)cc1. The van der Waals surface area contributed by atoms with E-state index in [0.29, 0.717) is 6.54 Å². The van der Waals surface area contributed by atoms with Crippen molar-refractivity contribution in [1.82, 2.24) is 9.78 Å². The normalized spacial score (nSPS) is 16.8. The van der Waals surface area contributed by atoms with Crippen LogP contribution in [0.3, 0.4) is 0 Å². The molecule has 1 aliphatic carbocycles. The molecule has 3 nitrogen and oxygen atoms in total. The van der Waals surface area contributed by atoms with Crippen LogP contribution in [0.1, 0.15) is 29.8 Å². The fourth-order valence-corrected chi connectivity index (χ4v) is 2.40. The second-order valence-corrected chi connectivity index (χ2v) is 5.40. The van der Waals surface area contributed by atoms with Crippen LogP contribution in [0.4, 0.5) is 0 Å². The van der Waals surface area contributed by atoms with Crippen molar-refractivity contribution in [2.24, 2.45) is 5.73 Å². The molecule has 2 N–H and O–H groups in total. The van der Waals surface area contributed by atoms with E-state index in [1.54, 1.807) is 0 Å². The fourth-order valence-electron chi connectivity index (χ4n) is 2.40. The molecule has 0 amide bonds. The Kier molecular flexibility index (Phi) is 2.52. The summed E-state index contributed by atoms with van der Waals surface area (Å²) in [7, 11) is 0. The smallest absolute Gasteiger partial charge is 0.0706 e. The summed E-state index contributed by atoms with van der Waals surface area (Å²) in [6.07, 6.45) is 2.35. The van der Waals surface area contributed by atoms with Gasteiger partial charge < -0.3 is 5.73 Å². The van der Waals surface area contributed by atoms with Crippen LogP contribution >= 0.6 is 0 Å². The number of benzene rings is 1. The van der Waals surface area contributed by atoms with Gasteiger partial charge in [-0.2, -0.15) is 5.10 Å². The maximum atomic E-state index is 5.87. The van der Waals surface area contributed by atoms with Crippen molar-refractivity contribution >= 4 is 0 Å². The van der Waals surface area contributed by atoms with Crippen molar-refractivity contribution in [3.8, 4) is 5.69 Å². The molecule has 0 aliphatic heterocycles. The zero-order chi connectivity index (χ0) is 12.8. The van der Waals surface area contributed by atoms with Gasteiger partial charge in [0.1, 0.15) is 0 Å². The van der Waals surface area contributed by atoms with E-state index < -0.39 is 0 Å². The quantitative estimate of drug-likeness (QED) is 0.897. The molecule has 0 radical (unpaired) electrons. The molecule has 3 rings (SSSR count). The minimum atomic E-state index is 0.167. The minimum Gasteiger partial charge on any atom is -0.330 e. The molecule has 1 aromatic heterocycles. The third kappa shape index (κ3) is 1.75. The van der Waals surface area contributed by atoms with E-state index >= 15 is 0 Å². The van der Waals surface area contributed by atoms with Gasteiger partial charge in [-0.1, -0.05) is 17.7 Å². The van der Waals surface area contributed by atoms with Crippen LogP contribution in [-0.2, 0) is 5.41 Å². The molecule has 0 unspecified atom stereocenters. The van der Waals surface area contributed by atoms with Gasteiger partial charge in [0.2, 0.25) is 0 Å². The van der Waals surface area contributed by atoms with Gasteiger partial charge in [-0.25, -0.2) is 4.68 Å². The third-order valence-electron chi connectivity index (χ3n) is 3.95. The summed E-state index contributed by atoms with van der Waals surface area (Å²) in [4.78, 5) is 0. The van der Waals surface area contributed by atoms with E-state index in [0.717, 1.165) is 11.4 Å². The summed E-state index contributed by atoms with van der Waals surface area (Å²) in [5, 5.41) is 4.75. The molecule has 1 aromatic carbocycles. The Morgan fingerprint density at radius 2 is 1.89 bits per heavy atom. The Bertz CT molecular complexity index is 562. The predicted octanol–water partition coefficient (Wildman–Crippen LogP) is 2.48. The molecule has 2 aromatic rings. The Hall–Kier alpha value is -1.61. The van der Waals surface area contributed by atoms with Crippen LogP contribution in [0, 0.1) is 13.8 Å². The lowest BCUT2D eigenvalue weighted by atomic mass is 10.0. The second kappa shape index (κ2) is 3.95. The highest BCUT2D eigenvalue weighted by atomic mass is 15.3. The first kappa shape index (κ1) is 11.5. The van der Waals surface area contributed by atoms with E-state index in [4.69, 9.17) is 10.8 Å². The van der Waals surface area contributed by atoms with Gasteiger partial charge in [0.25, 0.3) is 0 Å². The van der Waals surface area contributed by atoms with Crippen LogP contribution in [0.2, 0.25) is 0 Å². The number of aryl methyl sites for hydroxylation is 2. The van der Waals surface area contributed by atoms with Crippen molar-refractivity contribution in [1.29, 1.82) is 0 Å². The zero-order valence-electron chi connectivity index (χ0n) is 11.0. The van der Waals surface area contributed by atoms with Crippen LogP contribution in [0.5, 0.6) is 0 Å². The molecule has 1 fully saturated rings. The maximum absolute atomic E-state index is 5.87. The lowest BCUT2D eigenvalue weighted by molar-refractivity contribution is 0.660. The van der Waals surface area contributed by atoms with Gasteiger partial charge in [0, 0.05) is 17.7 Å². The second-order valence-electron chi connectivity index (χ2n) is 5.40. The zero-order valence-corrected chi connectivity index (χ0v) is 11.0. The largest absolute Gasteiger partial charge is 0.330 e. The first-order valence-electron chi connectivity index (χ1n) is 6.49. The van der Waals surface area contributed by atoms with Gasteiger partial charge >= 0.3 is 0 Å². The number of hydrogen-bond donors (Lipinski definition) is 1. The molecule has 3 heteroatoms. The topological polar surface area (TPSA) is 43.8 Å². The summed E-state index contributed by atoms with van der Waals surface area (Å²) in [5.41, 5.74) is 10.8. The van der Waals surface area contributed by atoms with E-state index in [1.165, 1.54) is 24.1 Å². The Labute approximate surface area is 108 Å². The van der Waals surface area contributed by atoms with Gasteiger partial charge in [0.05, 0.1) is 11.4 Å². The van der Waals surface area contributed by atoms with Crippen LogP contribution in [0.25, 0.3) is 5.69 Å². The van der Waals surface area contributed by atoms with Crippen molar-refractivity contribution in [3.63, 3.8) is 0 Å². The maximum Gasteiger partial charge on any atom is 0.0706 e. The van der Waals surface area contributed by atoms with Crippen molar-refractivity contribution in [3.05, 3.63) is 47.3 Å². The lowest BCUT2D eigenvalue weighted by Crippen LogP contribution is -2.20. The first-order chi connectivity index (χ1) is 8.64. The molecule has 0 atom stereocenters. The van der Waals surface area contributed by atoms with Crippen LogP contribution < -0.4 is 5.73 Å². The third-order valence-corrected chi connectivity index (χ3v) is 3.95. The molecule has 94 valence electrons. The average molecular weight is 241 g/mol. The standard InChI is InChI=1S/C15H19N3/c1-11-3-5-13(6-4-11)18-12(2)9-14(17-18)15(10-16)7-8-15/h3-6,9H,7-8,10,16H2,1-2H3. The van der Waals surface area contributed by atoms with E-state index in [9.17, 15) is 0 Å². The minimum absolute atomic E-state index is 0.167. The van der Waals surface area contributed by atoms with Crippen molar-refractivity contribution < 1.29 is 0 Å². The highest BCUT2D eigenvalue weighted by Crippen LogP contribution is 2.46. The molecule has 1 aliphatic rings. The monoisotopic (exact) mass is 241 g/mol. The van der Waals surface area contributed by atoms with E-state index in [1.807, 2.05) is 4.68 Å². The highest BCUT2D eigenvalue weighted by molar-refractivity contribution is 5.37. The van der Waals surface area contributed by atoms with Gasteiger partial charge in [-0.05, 0) is 44.9 Å². The molecular formula is C15H19N3. The molecule has 1 heterocycles. The fraction of sp³-hybridized carbons (Fsp3) is 0.400. The van der Waals surface area contributed by atoms with E-state index in [2.05, 4.69) is 44.2 Å². The summed E-state index contributed by atoms with van der Waals surface area (Å²) in [5.74, 6) is 0. The molecule has 0 spiro atoms. The Balaban J connectivity index is 2.00. The summed E-state index contributed by atoms with van der Waals surface area (Å²) >= 11 is 0. The Morgan fingerprint density at radius 3 is 2.44 bits per heavy atom. The average Bonchev–Trinajstić information content (AvgIpc) is 3.08. The number of aromatic nitrogens is 2. The number of rotatable bonds is 3. The van der Waals surface area contributed by atoms with Gasteiger partial charge in [0.15, 0.2) is 0 Å². The summed E-state index contributed by atoms with van der Waals surface area (Å²) in [6, 6.07) is 10.6. The molecule has 18 heavy (non-hydrogen) atoms. The molecular weight excluding hydrogens is 222 g/mol. The van der Waals surface area contributed by atoms with Gasteiger partial charge in [-0.15, -0.1) is 0 Å². The predicted molar refractivity (Wildman–Crippen MR) is 73.0 cm³/mol. The molecule has 0 bridgehead atoms. The number of hydrogen-bond acceptors (Lipinski definition) is 2. The van der Waals surface area contributed by atoms with Gasteiger partial charge in [-0.3, -0.25) is 0 Å². The summed E-state index contributed by atoms with van der Waals surface area (Å²) in [6.45, 7) is 4.90. The number of nitrogens with zero attached hydrogens (tertiary/aromatic N) is 2. The van der Waals surface area contributed by atoms with Crippen LogP contribution in [-0.4, -0.2) is 16.3 Å². The first-order valence-corrected chi connectivity index (χ1v) is 6.49. The lowest BCUT2D eigenvalue weighted by Gasteiger charge is -2.08. The summed E-state index contributed by atoms with van der Waals surface area (Å²) < 4.78 is 2.02. The highest BCUT2D eigenvalue weighted by Gasteiger charge is 2.45. The van der Waals surface area contributed by atoms with Crippen molar-refractivity contribution in [2.75, 3.05) is 6.54 Å². The number of nitrogens with two attached hydrogens (primary N) is 1. The molecule has 0 saturated heterocycles. The van der Waals surface area contributed by atoms with E-state index in [-0.39, 0.29) is 5.41 Å². The van der Waals surface area contributed by atoms with Crippen LogP contribution in [0.15, 0.2) is 30.3 Å².